The summed E-state index contributed by atoms with van der Waals surface area (Å²) in [5, 5.41) is 1.85. The van der Waals surface area contributed by atoms with Gasteiger partial charge in [-0.2, -0.15) is 0 Å². The predicted molar refractivity (Wildman–Crippen MR) is 230 cm³/mol. The molecule has 1 aromatic heterocycles. The van der Waals surface area contributed by atoms with Gasteiger partial charge in [-0.1, -0.05) is 128 Å². The maximum absolute atomic E-state index is 3.99. The van der Waals surface area contributed by atoms with E-state index in [1.54, 1.807) is 0 Å². The fraction of sp³-hybridized carbons (Fsp3) is 0.240. The number of fused-ring (bicyclic) bond motifs is 8. The third-order valence-corrected chi connectivity index (χ3v) is 15.1. The van der Waals surface area contributed by atoms with Crippen LogP contribution in [-0.4, -0.2) is 16.0 Å². The second kappa shape index (κ2) is 13.8. The first-order chi connectivity index (χ1) is 26.2. The number of rotatable bonds is 7. The van der Waals surface area contributed by atoms with Crippen LogP contribution >= 0.6 is 23.5 Å². The average molecular weight is 724 g/mol. The van der Waals surface area contributed by atoms with E-state index >= 15 is 0 Å². The molecule has 3 heterocycles. The second-order valence-electron chi connectivity index (χ2n) is 15.5. The van der Waals surface area contributed by atoms with Crippen LogP contribution in [-0.2, 0) is 0 Å². The van der Waals surface area contributed by atoms with Gasteiger partial charge in [0.1, 0.15) is 0 Å². The fourth-order valence-electron chi connectivity index (χ4n) is 9.49. The molecule has 0 spiro atoms. The molecular weight excluding hydrogens is 679 g/mol. The van der Waals surface area contributed by atoms with Crippen LogP contribution in [0.15, 0.2) is 178 Å². The van der Waals surface area contributed by atoms with Gasteiger partial charge >= 0.3 is 0 Å². The molecule has 5 aliphatic carbocycles. The number of hydrogen-bond donors (Lipinski definition) is 1. The van der Waals surface area contributed by atoms with Crippen molar-refractivity contribution in [3.05, 3.63) is 190 Å². The lowest BCUT2D eigenvalue weighted by atomic mass is 9.82. The van der Waals surface area contributed by atoms with Crippen LogP contribution in [0, 0.1) is 5.41 Å². The van der Waals surface area contributed by atoms with E-state index in [4.69, 9.17) is 0 Å². The van der Waals surface area contributed by atoms with Crippen LogP contribution in [0.1, 0.15) is 73.6 Å². The van der Waals surface area contributed by atoms with Crippen LogP contribution in [0.4, 0.5) is 0 Å². The van der Waals surface area contributed by atoms with Crippen molar-refractivity contribution in [2.24, 2.45) is 5.41 Å². The molecule has 1 fully saturated rings. The number of benzene rings is 2. The van der Waals surface area contributed by atoms with E-state index in [1.165, 1.54) is 82.9 Å². The number of H-pyrrole nitrogens is 1. The summed E-state index contributed by atoms with van der Waals surface area (Å²) in [5.41, 5.74) is 15.9. The summed E-state index contributed by atoms with van der Waals surface area (Å²) < 4.78 is 0. The van der Waals surface area contributed by atoms with Gasteiger partial charge in [0.05, 0.1) is 0 Å². The molecule has 3 aromatic rings. The maximum atomic E-state index is 3.99. The van der Waals surface area contributed by atoms with Crippen molar-refractivity contribution < 1.29 is 0 Å². The minimum absolute atomic E-state index is 0.166. The monoisotopic (exact) mass is 723 g/mol. The van der Waals surface area contributed by atoms with E-state index in [-0.39, 0.29) is 5.41 Å². The SMILES string of the molecule is C=C/C=C\C1=C(/CC23C=Cc4[nH]c5ccc(-c6cccc7c6SC6C(C8=CC=CCC8)=CC=CC76)cc5c4C2C3)SC/C(C2=CC=CCC2)=C\C=C/C1. The van der Waals surface area contributed by atoms with Crippen molar-refractivity contribution in [3.8, 4) is 11.1 Å². The van der Waals surface area contributed by atoms with Crippen molar-refractivity contribution in [2.75, 3.05) is 5.75 Å². The van der Waals surface area contributed by atoms with Crippen LogP contribution in [0.25, 0.3) is 28.1 Å². The molecule has 2 aliphatic heterocycles. The average Bonchev–Trinajstić information content (AvgIpc) is 3.57. The highest BCUT2D eigenvalue weighted by Gasteiger charge is 2.56. The molecule has 1 N–H and O–H groups in total. The van der Waals surface area contributed by atoms with Crippen molar-refractivity contribution in [1.82, 2.24) is 4.98 Å². The van der Waals surface area contributed by atoms with Crippen molar-refractivity contribution in [2.45, 2.75) is 66.9 Å². The minimum atomic E-state index is 0.166. The summed E-state index contributed by atoms with van der Waals surface area (Å²) in [7, 11) is 0. The third kappa shape index (κ3) is 5.97. The quantitative estimate of drug-likeness (QED) is 0.244. The Balaban J connectivity index is 0.961. The second-order valence-corrected chi connectivity index (χ2v) is 17.7. The van der Waals surface area contributed by atoms with E-state index in [2.05, 4.69) is 169 Å². The lowest BCUT2D eigenvalue weighted by molar-refractivity contribution is 0.627. The Labute approximate surface area is 322 Å². The highest BCUT2D eigenvalue weighted by molar-refractivity contribution is 8.03. The first kappa shape index (κ1) is 33.2. The van der Waals surface area contributed by atoms with Gasteiger partial charge < -0.3 is 4.98 Å². The molecule has 0 saturated heterocycles. The Morgan fingerprint density at radius 2 is 1.75 bits per heavy atom. The smallest absolute Gasteiger partial charge is 0.0462 e. The van der Waals surface area contributed by atoms with Gasteiger partial charge in [0.15, 0.2) is 0 Å². The van der Waals surface area contributed by atoms with E-state index in [9.17, 15) is 0 Å². The standard InChI is InChI=1S/C50H45NS2/c1-2-3-14-35-19-10-11-20-37(33-15-6-4-7-16-33)32-52-46(35)31-50-28-27-45-47(43(50)30-50)42-29-36(25-26-44(42)51-45)39-22-13-24-41-40-23-12-21-38(48(40)53-49(39)41)34-17-8-5-9-18-34/h2-6,8,10-15,17,20-29,40,43,48,51H,1,7,9,16,18-19,30-32H2/b11-10-,14-3-,37-20+,46-35-. The summed E-state index contributed by atoms with van der Waals surface area (Å²) in [6.45, 7) is 3.99. The zero-order valence-electron chi connectivity index (χ0n) is 30.2. The molecule has 3 heteroatoms. The van der Waals surface area contributed by atoms with Crippen molar-refractivity contribution in [1.29, 1.82) is 0 Å². The van der Waals surface area contributed by atoms with Crippen LogP contribution < -0.4 is 0 Å². The van der Waals surface area contributed by atoms with Gasteiger partial charge in [-0.25, -0.2) is 0 Å². The molecular formula is C50H45NS2. The van der Waals surface area contributed by atoms with E-state index in [0.717, 1.165) is 44.3 Å². The first-order valence-corrected chi connectivity index (χ1v) is 21.3. The lowest BCUT2D eigenvalue weighted by Crippen LogP contribution is -2.16. The number of thioether (sulfide) groups is 2. The largest absolute Gasteiger partial charge is 0.355 e. The van der Waals surface area contributed by atoms with Gasteiger partial charge in [0.2, 0.25) is 0 Å². The number of hydrogen-bond acceptors (Lipinski definition) is 2. The normalized spacial score (nSPS) is 29.8. The molecule has 0 amide bonds. The van der Waals surface area contributed by atoms with Crippen LogP contribution in [0.3, 0.4) is 0 Å². The Bertz CT molecular complexity index is 2390. The zero-order chi connectivity index (χ0) is 35.4. The molecule has 1 saturated carbocycles. The van der Waals surface area contributed by atoms with Gasteiger partial charge in [-0.15, -0.1) is 23.5 Å². The van der Waals surface area contributed by atoms with E-state index < -0.39 is 0 Å². The van der Waals surface area contributed by atoms with E-state index in [0.29, 0.717) is 17.1 Å². The summed E-state index contributed by atoms with van der Waals surface area (Å²) in [5.74, 6) is 1.97. The minimum Gasteiger partial charge on any atom is -0.355 e. The molecule has 7 aliphatic rings. The molecule has 10 rings (SSSR count). The molecule has 262 valence electrons. The number of aromatic amines is 1. The summed E-state index contributed by atoms with van der Waals surface area (Å²) in [6, 6.07) is 14.2. The molecule has 2 aromatic carbocycles. The summed E-state index contributed by atoms with van der Waals surface area (Å²) >= 11 is 4.16. The predicted octanol–water partition coefficient (Wildman–Crippen LogP) is 13.9. The number of aromatic nitrogens is 1. The van der Waals surface area contributed by atoms with Crippen molar-refractivity contribution in [3.63, 3.8) is 0 Å². The van der Waals surface area contributed by atoms with Crippen LogP contribution in [0.2, 0.25) is 0 Å². The third-order valence-electron chi connectivity index (χ3n) is 12.4. The molecule has 4 unspecified atom stereocenters. The topological polar surface area (TPSA) is 15.8 Å². The Hall–Kier alpha value is -4.44. The van der Waals surface area contributed by atoms with Gasteiger partial charge in [0.25, 0.3) is 0 Å². The highest BCUT2D eigenvalue weighted by atomic mass is 32.2. The Morgan fingerprint density at radius 1 is 0.906 bits per heavy atom. The Kier molecular flexibility index (Phi) is 8.61. The number of nitrogens with one attached hydrogen (secondary N) is 1. The fourth-order valence-corrected chi connectivity index (χ4v) is 12.5. The number of allylic oxidation sites excluding steroid dienone is 20. The molecule has 1 nitrogen and oxygen atoms in total. The molecule has 53 heavy (non-hydrogen) atoms. The van der Waals surface area contributed by atoms with Gasteiger partial charge in [-0.05, 0) is 124 Å². The first-order valence-electron chi connectivity index (χ1n) is 19.4. The molecule has 0 bridgehead atoms. The van der Waals surface area contributed by atoms with E-state index in [1.807, 2.05) is 6.08 Å². The van der Waals surface area contributed by atoms with Gasteiger partial charge in [0, 0.05) is 43.8 Å². The maximum Gasteiger partial charge on any atom is 0.0462 e. The van der Waals surface area contributed by atoms with Crippen molar-refractivity contribution >= 4 is 40.5 Å². The Morgan fingerprint density at radius 3 is 2.60 bits per heavy atom. The summed E-state index contributed by atoms with van der Waals surface area (Å²) in [4.78, 5) is 6.82. The summed E-state index contributed by atoms with van der Waals surface area (Å²) in [6.07, 6.45) is 46.9. The lowest BCUT2D eigenvalue weighted by Gasteiger charge is -2.25. The van der Waals surface area contributed by atoms with Crippen LogP contribution in [0.5, 0.6) is 0 Å². The van der Waals surface area contributed by atoms with Gasteiger partial charge in [-0.3, -0.25) is 0 Å². The molecule has 0 radical (unpaired) electrons. The molecule has 4 atom stereocenters. The highest BCUT2D eigenvalue weighted by Crippen LogP contribution is 2.68. The zero-order valence-corrected chi connectivity index (χ0v) is 31.8.